The number of nitrogens with one attached hydrogen (secondary N) is 2. The summed E-state index contributed by atoms with van der Waals surface area (Å²) in [5.74, 6) is -3.27. The highest BCUT2D eigenvalue weighted by Crippen LogP contribution is 2.36. The highest BCUT2D eigenvalue weighted by molar-refractivity contribution is 5.98. The number of amides is 1. The van der Waals surface area contributed by atoms with E-state index in [1.165, 1.54) is 42.5 Å². The molecule has 1 unspecified atom stereocenters. The monoisotopic (exact) mass is 598 g/mol. The topological polar surface area (TPSA) is 140 Å². The van der Waals surface area contributed by atoms with E-state index in [9.17, 15) is 22.8 Å². The summed E-state index contributed by atoms with van der Waals surface area (Å²) in [7, 11) is 0. The van der Waals surface area contributed by atoms with Crippen LogP contribution >= 0.6 is 0 Å². The SMILES string of the molecule is CC(C)C(=O)Nc1ccc(-c2[nH]nc3nc(C(C)c4oc5cccc(F)c5c(=O)c4-c4cccc(F)c4)nc(N)c23)cc1F. The van der Waals surface area contributed by atoms with Crippen molar-refractivity contribution in [2.45, 2.75) is 26.7 Å². The number of carbonyl (C=O) groups excluding carboxylic acids is 1. The van der Waals surface area contributed by atoms with Gasteiger partial charge < -0.3 is 15.5 Å². The van der Waals surface area contributed by atoms with Crippen LogP contribution in [0.3, 0.4) is 0 Å². The van der Waals surface area contributed by atoms with Gasteiger partial charge in [0.1, 0.15) is 45.8 Å². The molecule has 0 aliphatic carbocycles. The Morgan fingerprint density at radius 2 is 1.70 bits per heavy atom. The van der Waals surface area contributed by atoms with Crippen LogP contribution in [0.25, 0.3) is 44.4 Å². The number of nitrogens with zero attached hydrogens (tertiary/aromatic N) is 3. The van der Waals surface area contributed by atoms with Crippen molar-refractivity contribution in [2.24, 2.45) is 5.92 Å². The number of rotatable bonds is 6. The molecule has 0 radical (unpaired) electrons. The fraction of sp³-hybridized carbons (Fsp3) is 0.156. The molecule has 0 bridgehead atoms. The number of nitrogens with two attached hydrogens (primary N) is 1. The maximum atomic E-state index is 14.9. The lowest BCUT2D eigenvalue weighted by atomic mass is 9.95. The van der Waals surface area contributed by atoms with Gasteiger partial charge in [0.25, 0.3) is 0 Å². The number of nitrogen functional groups attached to an aromatic ring is 1. The van der Waals surface area contributed by atoms with Crippen molar-refractivity contribution in [2.75, 3.05) is 11.1 Å². The summed E-state index contributed by atoms with van der Waals surface area (Å²) >= 11 is 0. The normalized spacial score (nSPS) is 12.2. The second kappa shape index (κ2) is 11.0. The molecule has 1 atom stereocenters. The zero-order chi connectivity index (χ0) is 31.3. The van der Waals surface area contributed by atoms with Crippen LogP contribution in [0.4, 0.5) is 24.7 Å². The van der Waals surface area contributed by atoms with Crippen LogP contribution in [0.5, 0.6) is 0 Å². The van der Waals surface area contributed by atoms with Gasteiger partial charge >= 0.3 is 0 Å². The number of hydrogen-bond acceptors (Lipinski definition) is 7. The van der Waals surface area contributed by atoms with Gasteiger partial charge in [-0.25, -0.2) is 23.1 Å². The Kier molecular flexibility index (Phi) is 7.12. The third-order valence-electron chi connectivity index (χ3n) is 7.29. The van der Waals surface area contributed by atoms with Gasteiger partial charge in [0.15, 0.2) is 5.65 Å². The molecule has 0 fully saturated rings. The fourth-order valence-corrected chi connectivity index (χ4v) is 4.98. The Morgan fingerprint density at radius 3 is 2.43 bits per heavy atom. The van der Waals surface area contributed by atoms with Gasteiger partial charge in [0.2, 0.25) is 11.3 Å². The fourth-order valence-electron chi connectivity index (χ4n) is 4.98. The number of carbonyl (C=O) groups is 1. The summed E-state index contributed by atoms with van der Waals surface area (Å²) in [5, 5.41) is 9.67. The first kappa shape index (κ1) is 28.6. The summed E-state index contributed by atoms with van der Waals surface area (Å²) in [6.07, 6.45) is 0. The molecule has 222 valence electrons. The Hall–Kier alpha value is -5.52. The molecule has 12 heteroatoms. The van der Waals surface area contributed by atoms with Crippen molar-refractivity contribution in [3.8, 4) is 22.4 Å². The van der Waals surface area contributed by atoms with Crippen molar-refractivity contribution in [3.05, 3.63) is 99.9 Å². The van der Waals surface area contributed by atoms with Crippen LogP contribution in [-0.4, -0.2) is 26.1 Å². The number of halogens is 3. The predicted molar refractivity (Wildman–Crippen MR) is 160 cm³/mol. The average Bonchev–Trinajstić information content (AvgIpc) is 3.42. The smallest absolute Gasteiger partial charge is 0.227 e. The van der Waals surface area contributed by atoms with E-state index in [1.807, 2.05) is 0 Å². The predicted octanol–water partition coefficient (Wildman–Crippen LogP) is 6.54. The third-order valence-corrected chi connectivity index (χ3v) is 7.29. The summed E-state index contributed by atoms with van der Waals surface area (Å²) in [6, 6.07) is 13.6. The second-order valence-corrected chi connectivity index (χ2v) is 10.6. The van der Waals surface area contributed by atoms with Crippen LogP contribution in [0, 0.1) is 23.4 Å². The molecular formula is C32H25F3N6O3. The van der Waals surface area contributed by atoms with Gasteiger partial charge in [-0.1, -0.05) is 38.1 Å². The molecule has 3 heterocycles. The van der Waals surface area contributed by atoms with Gasteiger partial charge in [-0.2, -0.15) is 5.10 Å². The molecule has 0 aliphatic rings. The van der Waals surface area contributed by atoms with E-state index in [1.54, 1.807) is 26.8 Å². The second-order valence-electron chi connectivity index (χ2n) is 10.6. The first-order valence-corrected chi connectivity index (χ1v) is 13.7. The Morgan fingerprint density at radius 1 is 0.932 bits per heavy atom. The Bertz CT molecular complexity index is 2160. The number of benzene rings is 3. The Balaban J connectivity index is 1.45. The van der Waals surface area contributed by atoms with Crippen LogP contribution in [0.1, 0.15) is 38.3 Å². The largest absolute Gasteiger partial charge is 0.459 e. The molecule has 9 nitrogen and oxygen atoms in total. The lowest BCUT2D eigenvalue weighted by Crippen LogP contribution is -2.18. The van der Waals surface area contributed by atoms with E-state index >= 15 is 0 Å². The molecule has 0 spiro atoms. The minimum Gasteiger partial charge on any atom is -0.459 e. The molecule has 3 aromatic heterocycles. The minimum atomic E-state index is -0.818. The van der Waals surface area contributed by atoms with Crippen molar-refractivity contribution in [1.82, 2.24) is 20.2 Å². The summed E-state index contributed by atoms with van der Waals surface area (Å²) < 4.78 is 50.0. The van der Waals surface area contributed by atoms with Crippen LogP contribution in [-0.2, 0) is 4.79 Å². The van der Waals surface area contributed by atoms with Gasteiger partial charge in [0.05, 0.1) is 28.2 Å². The lowest BCUT2D eigenvalue weighted by Gasteiger charge is -2.16. The van der Waals surface area contributed by atoms with Crippen molar-refractivity contribution in [1.29, 1.82) is 0 Å². The number of aromatic nitrogens is 4. The average molecular weight is 599 g/mol. The standard InChI is InChI=1S/C32H25F3N6O3/c1-14(2)32(43)37-21-11-10-17(13-20(21)35)26-25-29(36)38-30(39-31(25)41-40-26)15(3)28-23(16-6-4-7-18(33)12-16)27(42)24-19(34)8-5-9-22(24)44-28/h4-15H,1-3H3,(H,37,43)(H3,36,38,39,40,41). The van der Waals surface area contributed by atoms with E-state index in [4.69, 9.17) is 10.2 Å². The summed E-state index contributed by atoms with van der Waals surface area (Å²) in [6.45, 7) is 5.07. The first-order valence-electron chi connectivity index (χ1n) is 13.7. The molecule has 1 amide bonds. The summed E-state index contributed by atoms with van der Waals surface area (Å²) in [5.41, 5.74) is 6.78. The number of fused-ring (bicyclic) bond motifs is 2. The van der Waals surface area contributed by atoms with E-state index < -0.39 is 28.8 Å². The third kappa shape index (κ3) is 4.93. The van der Waals surface area contributed by atoms with Gasteiger partial charge in [0, 0.05) is 11.5 Å². The quantitative estimate of drug-likeness (QED) is 0.198. The van der Waals surface area contributed by atoms with E-state index in [0.29, 0.717) is 16.6 Å². The van der Waals surface area contributed by atoms with Crippen LogP contribution in [0.15, 0.2) is 69.9 Å². The van der Waals surface area contributed by atoms with Crippen molar-refractivity contribution in [3.63, 3.8) is 0 Å². The highest BCUT2D eigenvalue weighted by Gasteiger charge is 2.27. The van der Waals surface area contributed by atoms with E-state index in [2.05, 4.69) is 25.5 Å². The van der Waals surface area contributed by atoms with Crippen molar-refractivity contribution < 1.29 is 22.4 Å². The number of hydrogen-bond donors (Lipinski definition) is 3. The molecule has 3 aromatic carbocycles. The number of anilines is 2. The zero-order valence-electron chi connectivity index (χ0n) is 23.7. The van der Waals surface area contributed by atoms with E-state index in [-0.39, 0.29) is 62.7 Å². The molecule has 4 N–H and O–H groups in total. The van der Waals surface area contributed by atoms with Crippen LogP contribution < -0.4 is 16.5 Å². The number of H-pyrrole nitrogens is 1. The molecule has 0 aliphatic heterocycles. The van der Waals surface area contributed by atoms with E-state index in [0.717, 1.165) is 12.1 Å². The minimum absolute atomic E-state index is 0.00293. The molecule has 6 aromatic rings. The maximum absolute atomic E-state index is 14.9. The molecular weight excluding hydrogens is 573 g/mol. The number of aromatic amines is 1. The summed E-state index contributed by atoms with van der Waals surface area (Å²) in [4.78, 5) is 34.7. The van der Waals surface area contributed by atoms with Crippen LogP contribution in [0.2, 0.25) is 0 Å². The molecule has 44 heavy (non-hydrogen) atoms. The Labute approximate surface area is 248 Å². The first-order chi connectivity index (χ1) is 21.0. The zero-order valence-corrected chi connectivity index (χ0v) is 23.7. The maximum Gasteiger partial charge on any atom is 0.227 e. The molecule has 0 saturated heterocycles. The highest BCUT2D eigenvalue weighted by atomic mass is 19.1. The van der Waals surface area contributed by atoms with Crippen molar-refractivity contribution >= 4 is 39.4 Å². The van der Waals surface area contributed by atoms with Gasteiger partial charge in [-0.3, -0.25) is 14.7 Å². The van der Waals surface area contributed by atoms with Gasteiger partial charge in [-0.15, -0.1) is 0 Å². The lowest BCUT2D eigenvalue weighted by molar-refractivity contribution is -0.118. The molecule has 0 saturated carbocycles. The van der Waals surface area contributed by atoms with Gasteiger partial charge in [-0.05, 0) is 48.9 Å². The molecule has 6 rings (SSSR count).